The van der Waals surface area contributed by atoms with Gasteiger partial charge in [-0.15, -0.1) is 6.42 Å². The van der Waals surface area contributed by atoms with Crippen LogP contribution >= 0.6 is 0 Å². The second-order valence-electron chi connectivity index (χ2n) is 4.43. The molecule has 1 aliphatic rings. The highest BCUT2D eigenvalue weighted by Gasteiger charge is 2.19. The maximum atomic E-state index is 11.6. The molecule has 0 atom stereocenters. The number of nitrogens with zero attached hydrogens (tertiary/aromatic N) is 1. The third-order valence-electron chi connectivity index (χ3n) is 3.14. The molecule has 3 N–H and O–H groups in total. The molecule has 0 unspecified atom stereocenters. The number of nitrogen functional groups attached to an aromatic ring is 1. The van der Waals surface area contributed by atoms with Gasteiger partial charge in [0.2, 0.25) is 5.91 Å². The third-order valence-corrected chi connectivity index (χ3v) is 3.14. The van der Waals surface area contributed by atoms with E-state index in [0.29, 0.717) is 6.54 Å². The van der Waals surface area contributed by atoms with Gasteiger partial charge in [0.1, 0.15) is 0 Å². The summed E-state index contributed by atoms with van der Waals surface area (Å²) >= 11 is 0. The summed E-state index contributed by atoms with van der Waals surface area (Å²) in [7, 11) is 0. The van der Waals surface area contributed by atoms with E-state index in [4.69, 9.17) is 12.2 Å². The second-order valence-corrected chi connectivity index (χ2v) is 4.43. The zero-order chi connectivity index (χ0) is 13.0. The van der Waals surface area contributed by atoms with Crippen LogP contribution < -0.4 is 11.1 Å². The van der Waals surface area contributed by atoms with Gasteiger partial charge in [-0.25, -0.2) is 0 Å². The van der Waals surface area contributed by atoms with Gasteiger partial charge >= 0.3 is 0 Å². The minimum absolute atomic E-state index is 0.0362. The minimum Gasteiger partial charge on any atom is -0.398 e. The second kappa shape index (κ2) is 5.56. The standard InChI is InChI=1S/C14H17N3O/c1-2-7-16-14(18)10-17-8-6-11-4-3-5-13(15)12(11)9-17/h1,3-5H,6-10,15H2,(H,16,18). The van der Waals surface area contributed by atoms with Crippen LogP contribution in [0, 0.1) is 12.3 Å². The van der Waals surface area contributed by atoms with Crippen LogP contribution in [0.15, 0.2) is 18.2 Å². The van der Waals surface area contributed by atoms with E-state index in [-0.39, 0.29) is 12.5 Å². The fourth-order valence-electron chi connectivity index (χ4n) is 2.21. The maximum absolute atomic E-state index is 11.6. The first-order valence-electron chi connectivity index (χ1n) is 5.99. The first-order valence-corrected chi connectivity index (χ1v) is 5.99. The van der Waals surface area contributed by atoms with Crippen LogP contribution in [0.2, 0.25) is 0 Å². The van der Waals surface area contributed by atoms with Gasteiger partial charge in [0.05, 0.1) is 13.1 Å². The molecule has 0 aromatic heterocycles. The van der Waals surface area contributed by atoms with Crippen molar-refractivity contribution in [1.82, 2.24) is 10.2 Å². The van der Waals surface area contributed by atoms with E-state index in [2.05, 4.69) is 22.2 Å². The monoisotopic (exact) mass is 243 g/mol. The van der Waals surface area contributed by atoms with Crippen molar-refractivity contribution >= 4 is 11.6 Å². The number of terminal acetylenes is 1. The zero-order valence-corrected chi connectivity index (χ0v) is 10.3. The highest BCUT2D eigenvalue weighted by Crippen LogP contribution is 2.23. The van der Waals surface area contributed by atoms with Crippen LogP contribution in [-0.4, -0.2) is 30.4 Å². The number of benzene rings is 1. The predicted molar refractivity (Wildman–Crippen MR) is 71.7 cm³/mol. The zero-order valence-electron chi connectivity index (χ0n) is 10.3. The summed E-state index contributed by atoms with van der Waals surface area (Å²) in [6.45, 7) is 2.26. The van der Waals surface area contributed by atoms with Crippen molar-refractivity contribution in [2.75, 3.05) is 25.4 Å². The largest absolute Gasteiger partial charge is 0.398 e. The molecule has 18 heavy (non-hydrogen) atoms. The third kappa shape index (κ3) is 2.82. The smallest absolute Gasteiger partial charge is 0.234 e. The Morgan fingerprint density at radius 3 is 3.17 bits per heavy atom. The highest BCUT2D eigenvalue weighted by molar-refractivity contribution is 5.78. The van der Waals surface area contributed by atoms with Gasteiger partial charge in [-0.1, -0.05) is 18.1 Å². The Morgan fingerprint density at radius 2 is 2.39 bits per heavy atom. The van der Waals surface area contributed by atoms with Crippen LogP contribution in [0.1, 0.15) is 11.1 Å². The summed E-state index contributed by atoms with van der Waals surface area (Å²) in [5, 5.41) is 2.67. The van der Waals surface area contributed by atoms with Crippen LogP contribution in [-0.2, 0) is 17.8 Å². The molecular weight excluding hydrogens is 226 g/mol. The van der Waals surface area contributed by atoms with Crippen molar-refractivity contribution in [1.29, 1.82) is 0 Å². The van der Waals surface area contributed by atoms with E-state index in [0.717, 1.165) is 30.8 Å². The lowest BCUT2D eigenvalue weighted by Crippen LogP contribution is -2.40. The van der Waals surface area contributed by atoms with Crippen LogP contribution in [0.4, 0.5) is 5.69 Å². The van der Waals surface area contributed by atoms with Gasteiger partial charge in [-0.3, -0.25) is 9.69 Å². The van der Waals surface area contributed by atoms with Gasteiger partial charge in [-0.2, -0.15) is 0 Å². The molecule has 1 amide bonds. The van der Waals surface area contributed by atoms with E-state index in [1.54, 1.807) is 0 Å². The molecule has 4 heteroatoms. The highest BCUT2D eigenvalue weighted by atomic mass is 16.2. The molecule has 0 spiro atoms. The van der Waals surface area contributed by atoms with Crippen LogP contribution in [0.3, 0.4) is 0 Å². The number of hydrogen-bond donors (Lipinski definition) is 2. The van der Waals surface area contributed by atoms with Gasteiger partial charge < -0.3 is 11.1 Å². The van der Waals surface area contributed by atoms with Gasteiger partial charge in [0, 0.05) is 18.8 Å². The Kier molecular flexibility index (Phi) is 3.85. The number of carbonyl (C=O) groups is 1. The summed E-state index contributed by atoms with van der Waals surface area (Å²) in [4.78, 5) is 13.7. The molecule has 94 valence electrons. The van der Waals surface area contributed by atoms with Crippen molar-refractivity contribution in [2.24, 2.45) is 0 Å². The molecule has 1 aromatic rings. The number of anilines is 1. The number of hydrogen-bond acceptors (Lipinski definition) is 3. The van der Waals surface area contributed by atoms with Crippen LogP contribution in [0.5, 0.6) is 0 Å². The molecule has 0 bridgehead atoms. The molecule has 0 saturated carbocycles. The number of nitrogens with one attached hydrogen (secondary N) is 1. The van der Waals surface area contributed by atoms with E-state index in [9.17, 15) is 4.79 Å². The van der Waals surface area contributed by atoms with E-state index < -0.39 is 0 Å². The number of amides is 1. The van der Waals surface area contributed by atoms with Gasteiger partial charge in [0.15, 0.2) is 0 Å². The lowest BCUT2D eigenvalue weighted by Gasteiger charge is -2.28. The molecule has 1 aromatic carbocycles. The van der Waals surface area contributed by atoms with Gasteiger partial charge in [-0.05, 0) is 23.6 Å². The normalized spacial score (nSPS) is 14.6. The van der Waals surface area contributed by atoms with Gasteiger partial charge in [0.25, 0.3) is 0 Å². The summed E-state index contributed by atoms with van der Waals surface area (Å²) in [6, 6.07) is 5.98. The van der Waals surface area contributed by atoms with Crippen molar-refractivity contribution in [3.63, 3.8) is 0 Å². The quantitative estimate of drug-likeness (QED) is 0.596. The Balaban J connectivity index is 1.98. The summed E-state index contributed by atoms with van der Waals surface area (Å²) in [5.41, 5.74) is 9.20. The average Bonchev–Trinajstić information content (AvgIpc) is 2.37. The summed E-state index contributed by atoms with van der Waals surface area (Å²) < 4.78 is 0. The predicted octanol–water partition coefficient (Wildman–Crippen LogP) is 0.376. The van der Waals surface area contributed by atoms with E-state index in [1.807, 2.05) is 12.1 Å². The van der Waals surface area contributed by atoms with Crippen LogP contribution in [0.25, 0.3) is 0 Å². The Labute approximate surface area is 107 Å². The molecule has 0 aliphatic carbocycles. The molecule has 1 aliphatic heterocycles. The first-order chi connectivity index (χ1) is 8.70. The molecule has 0 radical (unpaired) electrons. The SMILES string of the molecule is C#CCNC(=O)CN1CCc2cccc(N)c2C1. The fourth-order valence-corrected chi connectivity index (χ4v) is 2.21. The molecular formula is C14H17N3O. The van der Waals surface area contributed by atoms with Crippen molar-refractivity contribution in [2.45, 2.75) is 13.0 Å². The Bertz CT molecular complexity index is 490. The molecule has 4 nitrogen and oxygen atoms in total. The summed E-state index contributed by atoms with van der Waals surface area (Å²) in [6.07, 6.45) is 6.03. The average molecular weight is 243 g/mol. The maximum Gasteiger partial charge on any atom is 0.234 e. The molecule has 2 rings (SSSR count). The van der Waals surface area contributed by atoms with E-state index in [1.165, 1.54) is 5.56 Å². The minimum atomic E-state index is -0.0362. The van der Waals surface area contributed by atoms with Crippen molar-refractivity contribution in [3.8, 4) is 12.3 Å². The molecule has 1 heterocycles. The molecule has 0 fully saturated rings. The number of fused-ring (bicyclic) bond motifs is 1. The van der Waals surface area contributed by atoms with Crippen molar-refractivity contribution < 1.29 is 4.79 Å². The fraction of sp³-hybridized carbons (Fsp3) is 0.357. The molecule has 0 saturated heterocycles. The number of carbonyl (C=O) groups excluding carboxylic acids is 1. The lowest BCUT2D eigenvalue weighted by molar-refractivity contribution is -0.122. The number of rotatable bonds is 3. The van der Waals surface area contributed by atoms with Crippen molar-refractivity contribution in [3.05, 3.63) is 29.3 Å². The summed E-state index contributed by atoms with van der Waals surface area (Å²) in [5.74, 6) is 2.35. The Morgan fingerprint density at radius 1 is 1.56 bits per heavy atom. The Hall–Kier alpha value is -1.99. The first kappa shape index (κ1) is 12.5. The van der Waals surface area contributed by atoms with E-state index >= 15 is 0 Å². The number of nitrogens with two attached hydrogens (primary N) is 1. The lowest BCUT2D eigenvalue weighted by atomic mass is 9.98. The topological polar surface area (TPSA) is 58.4 Å².